The predicted molar refractivity (Wildman–Crippen MR) is 214 cm³/mol. The third-order valence-corrected chi connectivity index (χ3v) is 10.1. The molecule has 2 unspecified atom stereocenters. The number of nitrogens with two attached hydrogens (primary N) is 1. The molecule has 0 aliphatic heterocycles. The van der Waals surface area contributed by atoms with Crippen molar-refractivity contribution in [2.24, 2.45) is 5.73 Å². The minimum absolute atomic E-state index is 0.0200. The van der Waals surface area contributed by atoms with E-state index in [-0.39, 0.29) is 25.2 Å². The quantitative estimate of drug-likeness (QED) is 0.0455. The summed E-state index contributed by atoms with van der Waals surface area (Å²) in [5.41, 5.74) is 6.77. The Labute approximate surface area is 318 Å². The van der Waals surface area contributed by atoms with Crippen molar-refractivity contribution >= 4 is 17.8 Å². The van der Waals surface area contributed by atoms with Gasteiger partial charge in [-0.15, -0.1) is 0 Å². The topological polar surface area (TPSA) is 136 Å². The molecule has 9 nitrogen and oxygen atoms in total. The van der Waals surface area contributed by atoms with Crippen LogP contribution in [-0.4, -0.2) is 53.1 Å². The fraction of sp³-hybridized carbons (Fsp3) is 0.860. The van der Waals surface area contributed by atoms with E-state index in [1.54, 1.807) is 6.20 Å². The molecule has 0 saturated carbocycles. The number of carbonyl (C=O) groups is 3. The van der Waals surface area contributed by atoms with Crippen LogP contribution in [0.4, 0.5) is 0 Å². The first kappa shape index (κ1) is 47.6. The summed E-state index contributed by atoms with van der Waals surface area (Å²) in [5, 5.41) is 2.72. The van der Waals surface area contributed by atoms with Crippen molar-refractivity contribution < 1.29 is 23.9 Å². The molecule has 0 radical (unpaired) electrons. The fourth-order valence-electron chi connectivity index (χ4n) is 6.64. The summed E-state index contributed by atoms with van der Waals surface area (Å²) in [6.45, 7) is 5.20. The second-order valence-corrected chi connectivity index (χ2v) is 15.1. The van der Waals surface area contributed by atoms with Crippen molar-refractivity contribution in [3.8, 4) is 0 Å². The molecule has 0 aliphatic carbocycles. The standard InChI is InChI=1S/C43H80N4O5/c1-3-5-7-9-11-13-15-17-19-21-23-25-27-29-33-51-41(48)32-31-40(47-42(49)39(44)35-38-36-45-37-46-38)43(50)52-34-30-28-26-24-22-20-18-16-14-12-10-8-6-4-2/h36-37,39-40H,3-35,44H2,1-2H3,(H,45,46)(H,47,49). The van der Waals surface area contributed by atoms with Gasteiger partial charge in [0.1, 0.15) is 6.04 Å². The maximum atomic E-state index is 13.0. The van der Waals surface area contributed by atoms with Crippen molar-refractivity contribution in [2.75, 3.05) is 13.2 Å². The largest absolute Gasteiger partial charge is 0.466 e. The molecule has 52 heavy (non-hydrogen) atoms. The van der Waals surface area contributed by atoms with Gasteiger partial charge in [-0.1, -0.05) is 181 Å². The number of ether oxygens (including phenoxy) is 2. The number of carbonyl (C=O) groups excluding carboxylic acids is 3. The van der Waals surface area contributed by atoms with Crippen LogP contribution >= 0.6 is 0 Å². The highest BCUT2D eigenvalue weighted by molar-refractivity contribution is 5.87. The number of H-pyrrole nitrogens is 1. The maximum absolute atomic E-state index is 13.0. The summed E-state index contributed by atoms with van der Waals surface area (Å²) in [7, 11) is 0. The minimum atomic E-state index is -0.960. The van der Waals surface area contributed by atoms with Crippen LogP contribution in [0.2, 0.25) is 0 Å². The lowest BCUT2D eigenvalue weighted by atomic mass is 10.0. The highest BCUT2D eigenvalue weighted by Gasteiger charge is 2.26. The third kappa shape index (κ3) is 29.1. The Morgan fingerprint density at radius 1 is 0.635 bits per heavy atom. The molecule has 1 aromatic rings. The van der Waals surface area contributed by atoms with Crippen LogP contribution in [0, 0.1) is 0 Å². The zero-order valence-electron chi connectivity index (χ0n) is 33.7. The zero-order valence-corrected chi connectivity index (χ0v) is 33.7. The van der Waals surface area contributed by atoms with E-state index in [9.17, 15) is 14.4 Å². The maximum Gasteiger partial charge on any atom is 0.328 e. The van der Waals surface area contributed by atoms with E-state index >= 15 is 0 Å². The SMILES string of the molecule is CCCCCCCCCCCCCCCCOC(=O)CCC(NC(=O)C(N)Cc1c[nH]cn1)C(=O)OCCCCCCCCCCCCCCCC. The first-order chi connectivity index (χ1) is 25.5. The first-order valence-electron chi connectivity index (χ1n) is 21.8. The molecular formula is C43H80N4O5. The summed E-state index contributed by atoms with van der Waals surface area (Å²) >= 11 is 0. The lowest BCUT2D eigenvalue weighted by Crippen LogP contribution is -2.50. The number of amides is 1. The predicted octanol–water partition coefficient (Wildman–Crippen LogP) is 10.6. The van der Waals surface area contributed by atoms with E-state index < -0.39 is 24.0 Å². The lowest BCUT2D eigenvalue weighted by molar-refractivity contribution is -0.149. The van der Waals surface area contributed by atoms with Gasteiger partial charge in [0.2, 0.25) is 5.91 Å². The van der Waals surface area contributed by atoms with Gasteiger partial charge < -0.3 is 25.5 Å². The Morgan fingerprint density at radius 3 is 1.44 bits per heavy atom. The van der Waals surface area contributed by atoms with E-state index in [1.807, 2.05) is 0 Å². The second kappa shape index (κ2) is 35.6. The molecule has 1 heterocycles. The molecule has 4 N–H and O–H groups in total. The Morgan fingerprint density at radius 2 is 1.04 bits per heavy atom. The van der Waals surface area contributed by atoms with Crippen molar-refractivity contribution in [2.45, 2.75) is 225 Å². The smallest absolute Gasteiger partial charge is 0.328 e. The average molecular weight is 733 g/mol. The van der Waals surface area contributed by atoms with Gasteiger partial charge in [0.15, 0.2) is 0 Å². The van der Waals surface area contributed by atoms with E-state index in [2.05, 4.69) is 29.1 Å². The van der Waals surface area contributed by atoms with E-state index in [0.29, 0.717) is 18.9 Å². The van der Waals surface area contributed by atoms with E-state index in [4.69, 9.17) is 15.2 Å². The molecule has 1 rings (SSSR count). The molecule has 0 spiro atoms. The Bertz CT molecular complexity index is 957. The van der Waals surface area contributed by atoms with Gasteiger partial charge in [0, 0.05) is 19.0 Å². The second-order valence-electron chi connectivity index (χ2n) is 15.1. The number of hydrogen-bond acceptors (Lipinski definition) is 7. The molecule has 0 bridgehead atoms. The van der Waals surface area contributed by atoms with Crippen LogP contribution in [0.25, 0.3) is 0 Å². The summed E-state index contributed by atoms with van der Waals surface area (Å²) in [5.74, 6) is -1.37. The number of esters is 2. The van der Waals surface area contributed by atoms with Crippen LogP contribution < -0.4 is 11.1 Å². The average Bonchev–Trinajstić information content (AvgIpc) is 3.66. The summed E-state index contributed by atoms with van der Waals surface area (Å²) in [6, 6.07) is -1.84. The Hall–Kier alpha value is -2.42. The van der Waals surface area contributed by atoms with Gasteiger partial charge in [-0.05, 0) is 19.3 Å². The molecule has 0 aliphatic rings. The summed E-state index contributed by atoms with van der Waals surface area (Å²) in [6.07, 6.45) is 38.9. The molecular weight excluding hydrogens is 652 g/mol. The summed E-state index contributed by atoms with van der Waals surface area (Å²) in [4.78, 5) is 45.4. The number of nitrogens with one attached hydrogen (secondary N) is 2. The van der Waals surface area contributed by atoms with Gasteiger partial charge in [-0.2, -0.15) is 0 Å². The molecule has 2 atom stereocenters. The Balaban J connectivity index is 2.24. The van der Waals surface area contributed by atoms with Crippen molar-refractivity contribution in [1.29, 1.82) is 0 Å². The molecule has 0 fully saturated rings. The molecule has 9 heteroatoms. The number of rotatable bonds is 38. The lowest BCUT2D eigenvalue weighted by Gasteiger charge is -2.19. The van der Waals surface area contributed by atoms with Crippen molar-refractivity contribution in [3.05, 3.63) is 18.2 Å². The van der Waals surface area contributed by atoms with E-state index in [1.165, 1.54) is 148 Å². The van der Waals surface area contributed by atoms with Crippen LogP contribution in [-0.2, 0) is 30.3 Å². The van der Waals surface area contributed by atoms with Crippen LogP contribution in [0.3, 0.4) is 0 Å². The molecule has 1 amide bonds. The van der Waals surface area contributed by atoms with Crippen molar-refractivity contribution in [3.63, 3.8) is 0 Å². The highest BCUT2D eigenvalue weighted by Crippen LogP contribution is 2.15. The normalized spacial score (nSPS) is 12.4. The van der Waals surface area contributed by atoms with Crippen LogP contribution in [0.15, 0.2) is 12.5 Å². The third-order valence-electron chi connectivity index (χ3n) is 10.1. The van der Waals surface area contributed by atoms with Gasteiger partial charge in [0.05, 0.1) is 31.3 Å². The van der Waals surface area contributed by atoms with Gasteiger partial charge >= 0.3 is 11.9 Å². The number of imidazole rings is 1. The van der Waals surface area contributed by atoms with E-state index in [0.717, 1.165) is 38.5 Å². The summed E-state index contributed by atoms with van der Waals surface area (Å²) < 4.78 is 11.0. The first-order valence-corrected chi connectivity index (χ1v) is 21.8. The van der Waals surface area contributed by atoms with Gasteiger partial charge in [-0.3, -0.25) is 9.59 Å². The highest BCUT2D eigenvalue weighted by atomic mass is 16.5. The minimum Gasteiger partial charge on any atom is -0.466 e. The molecule has 1 aromatic heterocycles. The van der Waals surface area contributed by atoms with Gasteiger partial charge in [0.25, 0.3) is 0 Å². The monoisotopic (exact) mass is 733 g/mol. The number of aromatic amines is 1. The van der Waals surface area contributed by atoms with Crippen molar-refractivity contribution in [1.82, 2.24) is 15.3 Å². The molecule has 302 valence electrons. The number of hydrogen-bond donors (Lipinski definition) is 3. The van der Waals surface area contributed by atoms with Gasteiger partial charge in [-0.25, -0.2) is 9.78 Å². The molecule has 0 saturated heterocycles. The number of nitrogens with zero attached hydrogens (tertiary/aromatic N) is 1. The Kier molecular flexibility index (Phi) is 32.6. The molecule has 0 aromatic carbocycles. The number of unbranched alkanes of at least 4 members (excludes halogenated alkanes) is 26. The zero-order chi connectivity index (χ0) is 37.7. The van der Waals surface area contributed by atoms with Crippen LogP contribution in [0.1, 0.15) is 212 Å². The fourth-order valence-corrected chi connectivity index (χ4v) is 6.64. The van der Waals surface area contributed by atoms with Crippen LogP contribution in [0.5, 0.6) is 0 Å². The number of aromatic nitrogens is 2.